The van der Waals surface area contributed by atoms with Crippen molar-refractivity contribution < 1.29 is 17.3 Å². The number of piperazine rings is 1. The van der Waals surface area contributed by atoms with Gasteiger partial charge in [-0.1, -0.05) is 5.16 Å². The van der Waals surface area contributed by atoms with Crippen molar-refractivity contribution in [1.29, 1.82) is 0 Å². The molecule has 0 bridgehead atoms. The molecular formula is C18H19FN4O3S. The van der Waals surface area contributed by atoms with Crippen LogP contribution in [0.4, 0.5) is 10.1 Å². The minimum absolute atomic E-state index is 0.175. The van der Waals surface area contributed by atoms with Gasteiger partial charge in [0, 0.05) is 49.0 Å². The van der Waals surface area contributed by atoms with Gasteiger partial charge in [0.15, 0.2) is 0 Å². The highest BCUT2D eigenvalue weighted by Gasteiger charge is 2.28. The fourth-order valence-corrected chi connectivity index (χ4v) is 4.79. The molecule has 7 nitrogen and oxygen atoms in total. The van der Waals surface area contributed by atoms with E-state index in [0.717, 1.165) is 22.3 Å². The van der Waals surface area contributed by atoms with Crippen LogP contribution in [0, 0.1) is 12.7 Å². The number of aryl methyl sites for hydroxylation is 1. The van der Waals surface area contributed by atoms with Crippen molar-refractivity contribution >= 4 is 26.6 Å². The van der Waals surface area contributed by atoms with Crippen LogP contribution in [-0.4, -0.2) is 49.0 Å². The molecule has 0 saturated carbocycles. The number of hydrogen-bond acceptors (Lipinski definition) is 6. The Morgan fingerprint density at radius 1 is 1.15 bits per heavy atom. The highest BCUT2D eigenvalue weighted by Crippen LogP contribution is 2.29. The topological polar surface area (TPSA) is 79.5 Å². The van der Waals surface area contributed by atoms with Crippen LogP contribution in [0.15, 0.2) is 41.1 Å². The van der Waals surface area contributed by atoms with Gasteiger partial charge in [0.2, 0.25) is 10.0 Å². The third-order valence-corrected chi connectivity index (χ3v) is 6.48. The SMILES string of the molecule is Cc1cc(N2CCN(S(=O)(=O)Cc3ccon3)CC2)c2cc(F)ccc2n1. The molecule has 0 radical (unpaired) electrons. The predicted octanol–water partition coefficient (Wildman–Crippen LogP) is 2.32. The summed E-state index contributed by atoms with van der Waals surface area (Å²) < 4.78 is 45.1. The molecule has 0 unspecified atom stereocenters. The van der Waals surface area contributed by atoms with Crippen molar-refractivity contribution in [3.8, 4) is 0 Å². The molecule has 3 heterocycles. The van der Waals surface area contributed by atoms with Crippen molar-refractivity contribution in [3.05, 3.63) is 53.8 Å². The maximum atomic E-state index is 13.7. The molecule has 1 fully saturated rings. The minimum atomic E-state index is -3.46. The average Bonchev–Trinajstić information content (AvgIpc) is 3.14. The van der Waals surface area contributed by atoms with E-state index >= 15 is 0 Å². The average molecular weight is 390 g/mol. The molecule has 0 aliphatic carbocycles. The lowest BCUT2D eigenvalue weighted by Gasteiger charge is -2.36. The molecule has 3 aromatic rings. The van der Waals surface area contributed by atoms with E-state index in [-0.39, 0.29) is 11.6 Å². The van der Waals surface area contributed by atoms with Crippen LogP contribution >= 0.6 is 0 Å². The Hall–Kier alpha value is -2.52. The molecule has 0 atom stereocenters. The number of hydrogen-bond donors (Lipinski definition) is 0. The third kappa shape index (κ3) is 3.65. The third-order valence-electron chi connectivity index (χ3n) is 4.67. The number of aromatic nitrogens is 2. The van der Waals surface area contributed by atoms with Gasteiger partial charge in [0.25, 0.3) is 0 Å². The Morgan fingerprint density at radius 2 is 1.93 bits per heavy atom. The van der Waals surface area contributed by atoms with Crippen LogP contribution in [-0.2, 0) is 15.8 Å². The molecule has 1 saturated heterocycles. The van der Waals surface area contributed by atoms with Gasteiger partial charge in [-0.05, 0) is 31.2 Å². The lowest BCUT2D eigenvalue weighted by molar-refractivity contribution is 0.382. The van der Waals surface area contributed by atoms with Gasteiger partial charge in [-0.15, -0.1) is 0 Å². The van der Waals surface area contributed by atoms with E-state index in [1.807, 2.05) is 13.0 Å². The number of rotatable bonds is 4. The molecule has 0 spiro atoms. The lowest BCUT2D eigenvalue weighted by atomic mass is 10.1. The number of nitrogens with zero attached hydrogens (tertiary/aromatic N) is 4. The lowest BCUT2D eigenvalue weighted by Crippen LogP contribution is -2.49. The van der Waals surface area contributed by atoms with Gasteiger partial charge in [-0.25, -0.2) is 12.8 Å². The number of benzene rings is 1. The summed E-state index contributed by atoms with van der Waals surface area (Å²) in [6.07, 6.45) is 1.36. The zero-order valence-electron chi connectivity index (χ0n) is 14.8. The fourth-order valence-electron chi connectivity index (χ4n) is 3.37. The molecule has 0 amide bonds. The molecule has 0 N–H and O–H groups in total. The Kier molecular flexibility index (Phi) is 4.56. The quantitative estimate of drug-likeness (QED) is 0.680. The first-order chi connectivity index (χ1) is 12.9. The van der Waals surface area contributed by atoms with Crippen LogP contribution in [0.25, 0.3) is 10.9 Å². The Balaban J connectivity index is 1.54. The highest BCUT2D eigenvalue weighted by atomic mass is 32.2. The summed E-state index contributed by atoms with van der Waals surface area (Å²) in [5.74, 6) is -0.491. The van der Waals surface area contributed by atoms with Gasteiger partial charge in [0.1, 0.15) is 17.8 Å². The van der Waals surface area contributed by atoms with Gasteiger partial charge in [-0.3, -0.25) is 4.98 Å². The van der Waals surface area contributed by atoms with Gasteiger partial charge in [0.05, 0.1) is 11.2 Å². The first kappa shape index (κ1) is 17.9. The van der Waals surface area contributed by atoms with Crippen molar-refractivity contribution in [2.45, 2.75) is 12.7 Å². The van der Waals surface area contributed by atoms with Crippen LogP contribution in [0.5, 0.6) is 0 Å². The van der Waals surface area contributed by atoms with Crippen LogP contribution in [0.1, 0.15) is 11.4 Å². The van der Waals surface area contributed by atoms with Crippen molar-refractivity contribution in [2.24, 2.45) is 0 Å². The Labute approximate surface area is 156 Å². The molecule has 2 aromatic heterocycles. The molecule has 4 rings (SSSR count). The molecule has 1 aromatic carbocycles. The second-order valence-corrected chi connectivity index (χ2v) is 8.55. The standard InChI is InChI=1S/C18H19FN4O3S/c1-13-10-18(16-11-14(19)2-3-17(16)20-13)22-5-7-23(8-6-22)27(24,25)12-15-4-9-26-21-15/h2-4,9-11H,5-8,12H2,1H3. The number of fused-ring (bicyclic) bond motifs is 1. The summed E-state index contributed by atoms with van der Waals surface area (Å²) in [7, 11) is -3.46. The maximum Gasteiger partial charge on any atom is 0.220 e. The van der Waals surface area contributed by atoms with Crippen molar-refractivity contribution in [1.82, 2.24) is 14.4 Å². The second-order valence-electron chi connectivity index (χ2n) is 6.58. The number of halogens is 1. The summed E-state index contributed by atoms with van der Waals surface area (Å²) in [6.45, 7) is 3.65. The molecule has 1 aliphatic heterocycles. The predicted molar refractivity (Wildman–Crippen MR) is 99.4 cm³/mol. The van der Waals surface area contributed by atoms with Gasteiger partial charge < -0.3 is 9.42 Å². The van der Waals surface area contributed by atoms with E-state index < -0.39 is 10.0 Å². The van der Waals surface area contributed by atoms with Crippen LogP contribution in [0.2, 0.25) is 0 Å². The van der Waals surface area contributed by atoms with Gasteiger partial charge >= 0.3 is 0 Å². The van der Waals surface area contributed by atoms with E-state index in [9.17, 15) is 12.8 Å². The fraction of sp³-hybridized carbons (Fsp3) is 0.333. The summed E-state index contributed by atoms with van der Waals surface area (Å²) in [4.78, 5) is 6.53. The zero-order valence-corrected chi connectivity index (χ0v) is 15.6. The molecule has 1 aliphatic rings. The first-order valence-corrected chi connectivity index (χ1v) is 10.2. The van der Waals surface area contributed by atoms with E-state index in [0.29, 0.717) is 31.9 Å². The monoisotopic (exact) mass is 390 g/mol. The number of anilines is 1. The largest absolute Gasteiger partial charge is 0.368 e. The van der Waals surface area contributed by atoms with Crippen LogP contribution < -0.4 is 4.90 Å². The van der Waals surface area contributed by atoms with E-state index in [1.54, 1.807) is 12.1 Å². The van der Waals surface area contributed by atoms with Crippen molar-refractivity contribution in [2.75, 3.05) is 31.1 Å². The van der Waals surface area contributed by atoms with Gasteiger partial charge in [-0.2, -0.15) is 4.31 Å². The first-order valence-electron chi connectivity index (χ1n) is 8.61. The number of pyridine rings is 1. The Bertz CT molecular complexity index is 1060. The van der Waals surface area contributed by atoms with Crippen molar-refractivity contribution in [3.63, 3.8) is 0 Å². The van der Waals surface area contributed by atoms with E-state index in [1.165, 1.54) is 22.7 Å². The minimum Gasteiger partial charge on any atom is -0.368 e. The summed E-state index contributed by atoms with van der Waals surface area (Å²) in [5, 5.41) is 4.41. The number of sulfonamides is 1. The highest BCUT2D eigenvalue weighted by molar-refractivity contribution is 7.88. The Morgan fingerprint density at radius 3 is 2.63 bits per heavy atom. The van der Waals surface area contributed by atoms with Crippen LogP contribution in [0.3, 0.4) is 0 Å². The smallest absolute Gasteiger partial charge is 0.220 e. The molecule has 142 valence electrons. The molecular weight excluding hydrogens is 371 g/mol. The second kappa shape index (κ2) is 6.90. The normalized spacial score (nSPS) is 16.1. The maximum absolute atomic E-state index is 13.7. The molecule has 27 heavy (non-hydrogen) atoms. The van der Waals surface area contributed by atoms with E-state index in [4.69, 9.17) is 4.52 Å². The summed E-state index contributed by atoms with van der Waals surface area (Å²) in [6, 6.07) is 8.01. The van der Waals surface area contributed by atoms with E-state index in [2.05, 4.69) is 15.0 Å². The zero-order chi connectivity index (χ0) is 19.0. The summed E-state index contributed by atoms with van der Waals surface area (Å²) >= 11 is 0. The summed E-state index contributed by atoms with van der Waals surface area (Å²) in [5.41, 5.74) is 2.84. The molecule has 9 heteroatoms.